The van der Waals surface area contributed by atoms with E-state index in [9.17, 15) is 9.59 Å². The minimum atomic E-state index is -0.687. The first-order chi connectivity index (χ1) is 6.59. The van der Waals surface area contributed by atoms with Gasteiger partial charge in [0.15, 0.2) is 0 Å². The largest absolute Gasteiger partial charge is 0.368 e. The molecule has 0 aromatic carbocycles. The Labute approximate surface area is 80.9 Å². The maximum atomic E-state index is 10.9. The summed E-state index contributed by atoms with van der Waals surface area (Å²) in [6.45, 7) is 1.34. The van der Waals surface area contributed by atoms with E-state index in [0.717, 1.165) is 5.69 Å². The van der Waals surface area contributed by atoms with E-state index < -0.39 is 11.9 Å². The lowest BCUT2D eigenvalue weighted by Crippen LogP contribution is -2.45. The van der Waals surface area contributed by atoms with E-state index in [2.05, 4.69) is 15.3 Å². The number of H-pyrrole nitrogens is 1. The summed E-state index contributed by atoms with van der Waals surface area (Å²) in [5, 5.41) is 2.46. The molecular weight excluding hydrogens is 184 g/mol. The maximum absolute atomic E-state index is 10.9. The van der Waals surface area contributed by atoms with Crippen LogP contribution >= 0.6 is 0 Å². The van der Waals surface area contributed by atoms with Gasteiger partial charge in [-0.2, -0.15) is 0 Å². The van der Waals surface area contributed by atoms with Gasteiger partial charge in [0.25, 0.3) is 0 Å². The predicted octanol–water partition coefficient (Wildman–Crippen LogP) is -1.06. The lowest BCUT2D eigenvalue weighted by atomic mass is 10.1. The summed E-state index contributed by atoms with van der Waals surface area (Å²) in [5.74, 6) is -0.844. The van der Waals surface area contributed by atoms with Crippen LogP contribution < -0.4 is 11.1 Å². The number of imidazole rings is 1. The molecule has 0 unspecified atom stereocenters. The Bertz CT molecular complexity index is 320. The molecule has 1 aromatic heterocycles. The Morgan fingerprint density at radius 1 is 1.71 bits per heavy atom. The van der Waals surface area contributed by atoms with Gasteiger partial charge >= 0.3 is 0 Å². The Hall–Kier alpha value is -1.85. The molecule has 0 bridgehead atoms. The molecule has 1 aromatic rings. The summed E-state index contributed by atoms with van der Waals surface area (Å²) in [7, 11) is 0. The van der Waals surface area contributed by atoms with Gasteiger partial charge in [0, 0.05) is 25.2 Å². The maximum Gasteiger partial charge on any atom is 0.240 e. The second-order valence-corrected chi connectivity index (χ2v) is 2.94. The zero-order valence-electron chi connectivity index (χ0n) is 7.78. The van der Waals surface area contributed by atoms with Gasteiger partial charge in [0.1, 0.15) is 6.04 Å². The van der Waals surface area contributed by atoms with E-state index in [1.54, 1.807) is 6.20 Å². The van der Waals surface area contributed by atoms with Crippen LogP contribution in [0.15, 0.2) is 12.5 Å². The first-order valence-corrected chi connectivity index (χ1v) is 4.13. The number of aromatic amines is 1. The summed E-state index contributed by atoms with van der Waals surface area (Å²) in [4.78, 5) is 28.3. The van der Waals surface area contributed by atoms with Crippen molar-refractivity contribution in [3.05, 3.63) is 18.2 Å². The lowest BCUT2D eigenvalue weighted by molar-refractivity contribution is -0.126. The normalized spacial score (nSPS) is 12.1. The molecule has 1 heterocycles. The number of nitrogens with zero attached hydrogens (tertiary/aromatic N) is 1. The molecule has 1 atom stereocenters. The Morgan fingerprint density at radius 3 is 2.86 bits per heavy atom. The number of hydrogen-bond acceptors (Lipinski definition) is 3. The number of carbonyl (C=O) groups excluding carboxylic acids is 2. The van der Waals surface area contributed by atoms with Crippen LogP contribution in [0.5, 0.6) is 0 Å². The van der Waals surface area contributed by atoms with Gasteiger partial charge in [0.2, 0.25) is 11.8 Å². The smallest absolute Gasteiger partial charge is 0.240 e. The Balaban J connectivity index is 2.60. The highest BCUT2D eigenvalue weighted by atomic mass is 16.2. The second-order valence-electron chi connectivity index (χ2n) is 2.94. The minimum Gasteiger partial charge on any atom is -0.368 e. The van der Waals surface area contributed by atoms with E-state index in [1.165, 1.54) is 13.3 Å². The van der Waals surface area contributed by atoms with E-state index in [4.69, 9.17) is 5.73 Å². The SMILES string of the molecule is CC(=O)N[C@H](Cc1cnc[nH]1)C(N)=O. The third-order valence-electron chi connectivity index (χ3n) is 1.70. The van der Waals surface area contributed by atoms with Gasteiger partial charge in [0.05, 0.1) is 6.33 Å². The number of amides is 2. The molecule has 1 rings (SSSR count). The van der Waals surface area contributed by atoms with Crippen molar-refractivity contribution in [3.63, 3.8) is 0 Å². The fourth-order valence-corrected chi connectivity index (χ4v) is 1.08. The number of primary amides is 1. The molecule has 14 heavy (non-hydrogen) atoms. The molecule has 0 radical (unpaired) electrons. The van der Waals surface area contributed by atoms with Gasteiger partial charge in [-0.25, -0.2) is 4.98 Å². The summed E-state index contributed by atoms with van der Waals surface area (Å²) in [5.41, 5.74) is 5.87. The van der Waals surface area contributed by atoms with Crippen LogP contribution in [0.1, 0.15) is 12.6 Å². The van der Waals surface area contributed by atoms with Crippen molar-refractivity contribution in [2.24, 2.45) is 5.73 Å². The molecule has 0 saturated heterocycles. The van der Waals surface area contributed by atoms with Gasteiger partial charge in [-0.3, -0.25) is 9.59 Å². The number of nitrogens with two attached hydrogens (primary N) is 1. The number of rotatable bonds is 4. The molecule has 0 spiro atoms. The van der Waals surface area contributed by atoms with Crippen molar-refractivity contribution in [1.29, 1.82) is 0 Å². The quantitative estimate of drug-likeness (QED) is 0.572. The highest BCUT2D eigenvalue weighted by Gasteiger charge is 2.17. The van der Waals surface area contributed by atoms with E-state index in [-0.39, 0.29) is 5.91 Å². The van der Waals surface area contributed by atoms with Crippen LogP contribution in [0, 0.1) is 0 Å². The van der Waals surface area contributed by atoms with Crippen LogP contribution in [0.2, 0.25) is 0 Å². The minimum absolute atomic E-state index is 0.284. The zero-order valence-corrected chi connectivity index (χ0v) is 7.78. The molecule has 0 aliphatic heterocycles. The topological polar surface area (TPSA) is 101 Å². The molecule has 0 aliphatic rings. The van der Waals surface area contributed by atoms with Crippen LogP contribution in [0.25, 0.3) is 0 Å². The third kappa shape index (κ3) is 2.89. The van der Waals surface area contributed by atoms with Crippen LogP contribution in [0.3, 0.4) is 0 Å². The van der Waals surface area contributed by atoms with Gasteiger partial charge in [-0.05, 0) is 0 Å². The number of hydrogen-bond donors (Lipinski definition) is 3. The standard InChI is InChI=1S/C8H12N4O2/c1-5(13)12-7(8(9)14)2-6-3-10-4-11-6/h3-4,7H,2H2,1H3,(H2,9,14)(H,10,11)(H,12,13)/t7-/m1/s1. The predicted molar refractivity (Wildman–Crippen MR) is 49.1 cm³/mol. The number of carbonyl (C=O) groups is 2. The molecular formula is C8H12N4O2. The van der Waals surface area contributed by atoms with E-state index >= 15 is 0 Å². The van der Waals surface area contributed by atoms with Gasteiger partial charge in [-0.1, -0.05) is 0 Å². The molecule has 6 nitrogen and oxygen atoms in total. The lowest BCUT2D eigenvalue weighted by Gasteiger charge is -2.12. The molecule has 0 fully saturated rings. The first kappa shape index (κ1) is 10.2. The highest BCUT2D eigenvalue weighted by Crippen LogP contribution is 1.97. The van der Waals surface area contributed by atoms with E-state index in [1.807, 2.05) is 0 Å². The van der Waals surface area contributed by atoms with Crippen molar-refractivity contribution in [1.82, 2.24) is 15.3 Å². The Kier molecular flexibility index (Phi) is 3.22. The highest BCUT2D eigenvalue weighted by molar-refractivity contribution is 5.85. The average molecular weight is 196 g/mol. The van der Waals surface area contributed by atoms with E-state index in [0.29, 0.717) is 6.42 Å². The average Bonchev–Trinajstić information content (AvgIpc) is 2.54. The fourth-order valence-electron chi connectivity index (χ4n) is 1.08. The molecule has 0 saturated carbocycles. The Morgan fingerprint density at radius 2 is 2.43 bits per heavy atom. The zero-order chi connectivity index (χ0) is 10.6. The molecule has 2 amide bonds. The van der Waals surface area contributed by atoms with Crippen LogP contribution in [-0.4, -0.2) is 27.8 Å². The van der Waals surface area contributed by atoms with Crippen LogP contribution in [-0.2, 0) is 16.0 Å². The molecule has 6 heteroatoms. The van der Waals surface area contributed by atoms with Crippen molar-refractivity contribution in [2.45, 2.75) is 19.4 Å². The van der Waals surface area contributed by atoms with Crippen molar-refractivity contribution >= 4 is 11.8 Å². The van der Waals surface area contributed by atoms with Gasteiger partial charge < -0.3 is 16.0 Å². The summed E-state index contributed by atoms with van der Waals surface area (Å²) in [6.07, 6.45) is 3.41. The van der Waals surface area contributed by atoms with Crippen molar-refractivity contribution in [2.75, 3.05) is 0 Å². The molecule has 4 N–H and O–H groups in total. The molecule has 0 aliphatic carbocycles. The monoisotopic (exact) mass is 196 g/mol. The molecule has 76 valence electrons. The van der Waals surface area contributed by atoms with Crippen LogP contribution in [0.4, 0.5) is 0 Å². The van der Waals surface area contributed by atoms with Crippen molar-refractivity contribution < 1.29 is 9.59 Å². The van der Waals surface area contributed by atoms with Crippen molar-refractivity contribution in [3.8, 4) is 0 Å². The second kappa shape index (κ2) is 4.40. The number of nitrogens with one attached hydrogen (secondary N) is 2. The first-order valence-electron chi connectivity index (χ1n) is 4.13. The summed E-state index contributed by atoms with van der Waals surface area (Å²) < 4.78 is 0. The summed E-state index contributed by atoms with van der Waals surface area (Å²) in [6, 6.07) is -0.687. The van der Waals surface area contributed by atoms with Gasteiger partial charge in [-0.15, -0.1) is 0 Å². The summed E-state index contributed by atoms with van der Waals surface area (Å²) >= 11 is 0. The third-order valence-corrected chi connectivity index (χ3v) is 1.70. The fraction of sp³-hybridized carbons (Fsp3) is 0.375. The number of aromatic nitrogens is 2.